The minimum absolute atomic E-state index is 0.195. The highest BCUT2D eigenvalue weighted by molar-refractivity contribution is 9.10. The standard InChI is InChI=1S/C15H10BrN3OS/c16-13-4-2-1-3-12(13)14(20)19-15(21)18-11-7-5-10(9-17)6-8-11/h1-8H,(H2,18,19,20,21). The van der Waals surface area contributed by atoms with E-state index in [1.54, 1.807) is 42.5 Å². The van der Waals surface area contributed by atoms with Crippen molar-refractivity contribution in [3.05, 3.63) is 64.1 Å². The zero-order valence-electron chi connectivity index (χ0n) is 10.8. The third-order valence-electron chi connectivity index (χ3n) is 2.62. The van der Waals surface area contributed by atoms with Crippen molar-refractivity contribution < 1.29 is 4.79 Å². The van der Waals surface area contributed by atoms with Crippen LogP contribution in [-0.2, 0) is 0 Å². The number of rotatable bonds is 2. The van der Waals surface area contributed by atoms with Gasteiger partial charge in [0.1, 0.15) is 0 Å². The lowest BCUT2D eigenvalue weighted by Crippen LogP contribution is -2.34. The van der Waals surface area contributed by atoms with Crippen LogP contribution in [0.25, 0.3) is 0 Å². The summed E-state index contributed by atoms with van der Waals surface area (Å²) in [6, 6.07) is 15.9. The van der Waals surface area contributed by atoms with Crippen LogP contribution in [0.15, 0.2) is 53.0 Å². The number of hydrogen-bond donors (Lipinski definition) is 2. The van der Waals surface area contributed by atoms with Gasteiger partial charge in [-0.05, 0) is 64.5 Å². The molecule has 2 rings (SSSR count). The Labute approximate surface area is 135 Å². The Hall–Kier alpha value is -2.23. The number of amides is 1. The van der Waals surface area contributed by atoms with E-state index in [4.69, 9.17) is 17.5 Å². The van der Waals surface area contributed by atoms with Crippen molar-refractivity contribution in [2.24, 2.45) is 0 Å². The fourth-order valence-corrected chi connectivity index (χ4v) is 2.28. The molecule has 4 nitrogen and oxygen atoms in total. The summed E-state index contributed by atoms with van der Waals surface area (Å²) in [5.41, 5.74) is 1.76. The highest BCUT2D eigenvalue weighted by atomic mass is 79.9. The van der Waals surface area contributed by atoms with Crippen LogP contribution < -0.4 is 10.6 Å². The van der Waals surface area contributed by atoms with Gasteiger partial charge >= 0.3 is 0 Å². The first-order valence-electron chi connectivity index (χ1n) is 5.97. The van der Waals surface area contributed by atoms with Gasteiger partial charge in [-0.25, -0.2) is 0 Å². The molecule has 0 spiro atoms. The third kappa shape index (κ3) is 4.12. The monoisotopic (exact) mass is 359 g/mol. The van der Waals surface area contributed by atoms with Gasteiger partial charge in [0.2, 0.25) is 0 Å². The van der Waals surface area contributed by atoms with Gasteiger partial charge in [0.05, 0.1) is 17.2 Å². The quantitative estimate of drug-likeness (QED) is 0.806. The summed E-state index contributed by atoms with van der Waals surface area (Å²) in [6.07, 6.45) is 0. The molecule has 2 N–H and O–H groups in total. The molecule has 2 aromatic carbocycles. The smallest absolute Gasteiger partial charge is 0.258 e. The van der Waals surface area contributed by atoms with E-state index in [1.807, 2.05) is 12.1 Å². The number of nitrogens with one attached hydrogen (secondary N) is 2. The zero-order chi connectivity index (χ0) is 15.2. The van der Waals surface area contributed by atoms with E-state index < -0.39 is 0 Å². The summed E-state index contributed by atoms with van der Waals surface area (Å²) in [5.74, 6) is -0.298. The van der Waals surface area contributed by atoms with Crippen LogP contribution in [0.2, 0.25) is 0 Å². The predicted octanol–water partition coefficient (Wildman–Crippen LogP) is 3.45. The number of hydrogen-bond acceptors (Lipinski definition) is 3. The average molecular weight is 360 g/mol. The first-order chi connectivity index (χ1) is 10.1. The van der Waals surface area contributed by atoms with Gasteiger partial charge < -0.3 is 5.32 Å². The molecule has 6 heteroatoms. The Morgan fingerprint density at radius 3 is 2.43 bits per heavy atom. The molecule has 0 saturated carbocycles. The highest BCUT2D eigenvalue weighted by Crippen LogP contribution is 2.15. The molecule has 0 aromatic heterocycles. The van der Waals surface area contributed by atoms with Crippen molar-refractivity contribution in [2.75, 3.05) is 5.32 Å². The molecule has 0 aliphatic rings. The summed E-state index contributed by atoms with van der Waals surface area (Å²) in [5, 5.41) is 14.4. The van der Waals surface area contributed by atoms with Gasteiger partial charge in [-0.1, -0.05) is 12.1 Å². The largest absolute Gasteiger partial charge is 0.332 e. The van der Waals surface area contributed by atoms with E-state index in [1.165, 1.54) is 0 Å². The molecule has 2 aromatic rings. The second-order valence-corrected chi connectivity index (χ2v) is 5.34. The van der Waals surface area contributed by atoms with E-state index >= 15 is 0 Å². The van der Waals surface area contributed by atoms with Crippen LogP contribution in [-0.4, -0.2) is 11.0 Å². The van der Waals surface area contributed by atoms with Crippen LogP contribution >= 0.6 is 28.1 Å². The summed E-state index contributed by atoms with van der Waals surface area (Å²) >= 11 is 8.41. The maximum absolute atomic E-state index is 12.1. The number of thiocarbonyl (C=S) groups is 1. The Bertz CT molecular complexity index is 722. The molecular weight excluding hydrogens is 350 g/mol. The van der Waals surface area contributed by atoms with Gasteiger partial charge in [0.15, 0.2) is 5.11 Å². The fourth-order valence-electron chi connectivity index (χ4n) is 1.61. The predicted molar refractivity (Wildman–Crippen MR) is 89.0 cm³/mol. The van der Waals surface area contributed by atoms with Crippen LogP contribution in [0.5, 0.6) is 0 Å². The molecule has 0 saturated heterocycles. The molecule has 0 radical (unpaired) electrons. The lowest BCUT2D eigenvalue weighted by Gasteiger charge is -2.10. The minimum atomic E-state index is -0.298. The van der Waals surface area contributed by atoms with Crippen molar-refractivity contribution in [1.29, 1.82) is 5.26 Å². The average Bonchev–Trinajstić information content (AvgIpc) is 2.48. The van der Waals surface area contributed by atoms with E-state index in [0.29, 0.717) is 21.3 Å². The Morgan fingerprint density at radius 2 is 1.81 bits per heavy atom. The normalized spacial score (nSPS) is 9.52. The van der Waals surface area contributed by atoms with Crippen molar-refractivity contribution in [2.45, 2.75) is 0 Å². The third-order valence-corrected chi connectivity index (χ3v) is 3.51. The van der Waals surface area contributed by atoms with Crippen molar-refractivity contribution in [3.63, 3.8) is 0 Å². The molecular formula is C15H10BrN3OS. The van der Waals surface area contributed by atoms with Crippen molar-refractivity contribution >= 4 is 44.9 Å². The highest BCUT2D eigenvalue weighted by Gasteiger charge is 2.10. The molecule has 0 heterocycles. The van der Waals surface area contributed by atoms with E-state index in [-0.39, 0.29) is 11.0 Å². The van der Waals surface area contributed by atoms with Crippen LogP contribution in [0.4, 0.5) is 5.69 Å². The summed E-state index contributed by atoms with van der Waals surface area (Å²) in [4.78, 5) is 12.1. The molecule has 0 atom stereocenters. The minimum Gasteiger partial charge on any atom is -0.332 e. The lowest BCUT2D eigenvalue weighted by atomic mass is 10.2. The molecule has 0 fully saturated rings. The SMILES string of the molecule is N#Cc1ccc(NC(=S)NC(=O)c2ccccc2Br)cc1. The molecule has 0 bridgehead atoms. The van der Waals surface area contributed by atoms with Gasteiger partial charge in [0, 0.05) is 10.2 Å². The van der Waals surface area contributed by atoms with Crippen molar-refractivity contribution in [1.82, 2.24) is 5.32 Å². The van der Waals surface area contributed by atoms with Crippen LogP contribution in [0, 0.1) is 11.3 Å². The Morgan fingerprint density at radius 1 is 1.14 bits per heavy atom. The molecule has 1 amide bonds. The number of benzene rings is 2. The second kappa shape index (κ2) is 6.97. The summed E-state index contributed by atoms with van der Waals surface area (Å²) in [6.45, 7) is 0. The number of halogens is 1. The number of carbonyl (C=O) groups is 1. The first-order valence-corrected chi connectivity index (χ1v) is 7.17. The second-order valence-electron chi connectivity index (χ2n) is 4.08. The van der Waals surface area contributed by atoms with Gasteiger partial charge in [-0.3, -0.25) is 10.1 Å². The summed E-state index contributed by atoms with van der Waals surface area (Å²) < 4.78 is 0.698. The molecule has 21 heavy (non-hydrogen) atoms. The fraction of sp³-hybridized carbons (Fsp3) is 0. The lowest BCUT2D eigenvalue weighted by molar-refractivity contribution is 0.0977. The van der Waals surface area contributed by atoms with Crippen molar-refractivity contribution in [3.8, 4) is 6.07 Å². The number of carbonyl (C=O) groups excluding carboxylic acids is 1. The van der Waals surface area contributed by atoms with Crippen LogP contribution in [0.3, 0.4) is 0 Å². The number of nitrogens with zero attached hydrogens (tertiary/aromatic N) is 1. The topological polar surface area (TPSA) is 64.9 Å². The maximum atomic E-state index is 12.1. The van der Waals surface area contributed by atoms with E-state index in [2.05, 4.69) is 26.6 Å². The van der Waals surface area contributed by atoms with E-state index in [9.17, 15) is 4.79 Å². The molecule has 0 unspecified atom stereocenters. The van der Waals surface area contributed by atoms with Gasteiger partial charge in [0.25, 0.3) is 5.91 Å². The van der Waals surface area contributed by atoms with E-state index in [0.717, 1.165) is 0 Å². The van der Waals surface area contributed by atoms with Gasteiger partial charge in [-0.2, -0.15) is 5.26 Å². The van der Waals surface area contributed by atoms with Gasteiger partial charge in [-0.15, -0.1) is 0 Å². The maximum Gasteiger partial charge on any atom is 0.258 e. The number of nitriles is 1. The Balaban J connectivity index is 2.00. The number of anilines is 1. The Kier molecular flexibility index (Phi) is 5.04. The molecule has 0 aliphatic carbocycles. The van der Waals surface area contributed by atoms with Crippen LogP contribution in [0.1, 0.15) is 15.9 Å². The summed E-state index contributed by atoms with van der Waals surface area (Å²) in [7, 11) is 0. The zero-order valence-corrected chi connectivity index (χ0v) is 13.2. The molecule has 104 valence electrons. The first kappa shape index (κ1) is 15.2. The molecule has 0 aliphatic heterocycles.